The summed E-state index contributed by atoms with van der Waals surface area (Å²) in [7, 11) is 0. The Hall–Kier alpha value is -3.00. The molecule has 0 radical (unpaired) electrons. The second kappa shape index (κ2) is 8.16. The fraction of sp³-hybridized carbons (Fsp3) is 0.429. The van der Waals surface area contributed by atoms with E-state index in [1.54, 1.807) is 0 Å². The van der Waals surface area contributed by atoms with Gasteiger partial charge in [0.15, 0.2) is 5.82 Å². The molecule has 8 nitrogen and oxygen atoms in total. The average Bonchev–Trinajstić information content (AvgIpc) is 3.24. The molecule has 0 aliphatic carbocycles. The van der Waals surface area contributed by atoms with Gasteiger partial charge in [0.25, 0.3) is 0 Å². The summed E-state index contributed by atoms with van der Waals surface area (Å²) in [5, 5.41) is 11.7. The summed E-state index contributed by atoms with van der Waals surface area (Å²) in [6.07, 6.45) is 0.178. The number of benzene rings is 1. The molecule has 3 heterocycles. The molecular weight excluding hydrogens is 368 g/mol. The number of nitrogens with one attached hydrogen (secondary N) is 1. The first-order valence-electron chi connectivity index (χ1n) is 9.86. The van der Waals surface area contributed by atoms with E-state index >= 15 is 0 Å². The number of carbonyl (C=O) groups is 1. The number of H-pyrrole nitrogens is 1. The van der Waals surface area contributed by atoms with Crippen molar-refractivity contribution in [3.8, 4) is 0 Å². The number of amides is 1. The second-order valence-corrected chi connectivity index (χ2v) is 7.42. The molecule has 1 N–H and O–H groups in total. The molecular formula is C21H26N6O2. The fourth-order valence-electron chi connectivity index (χ4n) is 3.95. The van der Waals surface area contributed by atoms with Gasteiger partial charge in [-0.1, -0.05) is 30.3 Å². The van der Waals surface area contributed by atoms with Crippen molar-refractivity contribution in [1.82, 2.24) is 29.9 Å². The van der Waals surface area contributed by atoms with Crippen molar-refractivity contribution in [2.45, 2.75) is 39.8 Å². The van der Waals surface area contributed by atoms with Crippen LogP contribution in [0.4, 0.5) is 0 Å². The number of hydrogen-bond donors (Lipinski definition) is 1. The lowest BCUT2D eigenvalue weighted by Gasteiger charge is -2.36. The first-order chi connectivity index (χ1) is 14.0. The Morgan fingerprint density at radius 1 is 1.24 bits per heavy atom. The standard InChI is InChI=1S/C21H26N6O2/c1-14-21(15(2)27(25-14)12-17-7-5-4-6-8-17)18-13-29-10-9-26(18)20(28)11-19-22-16(3)23-24-19/h4-8,18H,9-13H2,1-3H3,(H,22,23,24). The molecule has 0 spiro atoms. The fourth-order valence-corrected chi connectivity index (χ4v) is 3.95. The Morgan fingerprint density at radius 2 is 2.03 bits per heavy atom. The van der Waals surface area contributed by atoms with Gasteiger partial charge in [-0.3, -0.25) is 14.6 Å². The normalized spacial score (nSPS) is 16.9. The van der Waals surface area contributed by atoms with Crippen LogP contribution in [0.1, 0.15) is 40.2 Å². The summed E-state index contributed by atoms with van der Waals surface area (Å²) in [5.74, 6) is 1.23. The first-order valence-corrected chi connectivity index (χ1v) is 9.86. The highest BCUT2D eigenvalue weighted by molar-refractivity contribution is 5.78. The van der Waals surface area contributed by atoms with Crippen molar-refractivity contribution in [2.24, 2.45) is 0 Å². The zero-order chi connectivity index (χ0) is 20.4. The van der Waals surface area contributed by atoms with Gasteiger partial charge in [0, 0.05) is 17.8 Å². The maximum absolute atomic E-state index is 13.0. The number of ether oxygens (including phenoxy) is 1. The number of aryl methyl sites for hydroxylation is 2. The Labute approximate surface area is 169 Å². The van der Waals surface area contributed by atoms with Crippen LogP contribution in [0.15, 0.2) is 30.3 Å². The summed E-state index contributed by atoms with van der Waals surface area (Å²) in [6.45, 7) is 8.14. The summed E-state index contributed by atoms with van der Waals surface area (Å²) >= 11 is 0. The molecule has 1 unspecified atom stereocenters. The highest BCUT2D eigenvalue weighted by Gasteiger charge is 2.33. The topological polar surface area (TPSA) is 88.9 Å². The van der Waals surface area contributed by atoms with E-state index in [0.717, 1.165) is 17.0 Å². The van der Waals surface area contributed by atoms with Gasteiger partial charge >= 0.3 is 0 Å². The van der Waals surface area contributed by atoms with Gasteiger partial charge in [0.2, 0.25) is 5.91 Å². The number of carbonyl (C=O) groups excluding carboxylic acids is 1. The number of rotatable bonds is 5. The molecule has 1 fully saturated rings. The molecule has 4 rings (SSSR count). The third-order valence-electron chi connectivity index (χ3n) is 5.35. The maximum Gasteiger partial charge on any atom is 0.230 e. The van der Waals surface area contributed by atoms with Gasteiger partial charge < -0.3 is 9.64 Å². The van der Waals surface area contributed by atoms with Crippen molar-refractivity contribution in [3.63, 3.8) is 0 Å². The number of hydrogen-bond acceptors (Lipinski definition) is 5. The van der Waals surface area contributed by atoms with Crippen LogP contribution in [0.25, 0.3) is 0 Å². The molecule has 1 amide bonds. The van der Waals surface area contributed by atoms with Gasteiger partial charge in [0.1, 0.15) is 5.82 Å². The molecule has 1 saturated heterocycles. The minimum absolute atomic E-state index is 0.00640. The Morgan fingerprint density at radius 3 is 2.76 bits per heavy atom. The predicted octanol–water partition coefficient (Wildman–Crippen LogP) is 2.12. The smallest absolute Gasteiger partial charge is 0.230 e. The van der Waals surface area contributed by atoms with Gasteiger partial charge in [-0.2, -0.15) is 10.2 Å². The lowest BCUT2D eigenvalue weighted by atomic mass is 10.0. The van der Waals surface area contributed by atoms with Crippen molar-refractivity contribution in [2.75, 3.05) is 19.8 Å². The number of aromatic nitrogens is 5. The van der Waals surface area contributed by atoms with E-state index in [1.807, 2.05) is 41.6 Å². The molecule has 8 heteroatoms. The third-order valence-corrected chi connectivity index (χ3v) is 5.35. The zero-order valence-corrected chi connectivity index (χ0v) is 17.1. The second-order valence-electron chi connectivity index (χ2n) is 7.42. The number of aromatic amines is 1. The van der Waals surface area contributed by atoms with Gasteiger partial charge in [-0.25, -0.2) is 4.98 Å². The predicted molar refractivity (Wildman–Crippen MR) is 107 cm³/mol. The van der Waals surface area contributed by atoms with Crippen LogP contribution in [-0.4, -0.2) is 55.5 Å². The lowest BCUT2D eigenvalue weighted by molar-refractivity contribution is -0.139. The Balaban J connectivity index is 1.58. The van der Waals surface area contributed by atoms with Crippen LogP contribution in [-0.2, 0) is 22.5 Å². The van der Waals surface area contributed by atoms with Crippen LogP contribution in [0.5, 0.6) is 0 Å². The Bertz CT molecular complexity index is 994. The minimum Gasteiger partial charge on any atom is -0.377 e. The Kier molecular flexibility index (Phi) is 5.44. The van der Waals surface area contributed by atoms with Crippen LogP contribution in [0.3, 0.4) is 0 Å². The number of nitrogens with zero attached hydrogens (tertiary/aromatic N) is 5. The van der Waals surface area contributed by atoms with E-state index in [0.29, 0.717) is 38.0 Å². The summed E-state index contributed by atoms with van der Waals surface area (Å²) in [6, 6.07) is 10.1. The summed E-state index contributed by atoms with van der Waals surface area (Å²) in [4.78, 5) is 19.2. The third kappa shape index (κ3) is 4.07. The average molecular weight is 394 g/mol. The SMILES string of the molecule is Cc1nc(CC(=O)N2CCOCC2c2c(C)nn(Cc3ccccc3)c2C)n[nH]1. The molecule has 3 aromatic rings. The molecule has 0 saturated carbocycles. The van der Waals surface area contributed by atoms with Crippen molar-refractivity contribution in [3.05, 3.63) is 64.5 Å². The lowest BCUT2D eigenvalue weighted by Crippen LogP contribution is -2.44. The highest BCUT2D eigenvalue weighted by atomic mass is 16.5. The van der Waals surface area contributed by atoms with Gasteiger partial charge in [0.05, 0.1) is 37.9 Å². The highest BCUT2D eigenvalue weighted by Crippen LogP contribution is 2.30. The van der Waals surface area contributed by atoms with E-state index in [2.05, 4.69) is 34.2 Å². The van der Waals surface area contributed by atoms with Crippen LogP contribution < -0.4 is 0 Å². The molecule has 1 aliphatic heterocycles. The quantitative estimate of drug-likeness (QED) is 0.716. The van der Waals surface area contributed by atoms with E-state index < -0.39 is 0 Å². The van der Waals surface area contributed by atoms with Crippen molar-refractivity contribution in [1.29, 1.82) is 0 Å². The first kappa shape index (κ1) is 19.3. The maximum atomic E-state index is 13.0. The van der Waals surface area contributed by atoms with Crippen LogP contribution in [0, 0.1) is 20.8 Å². The van der Waals surface area contributed by atoms with Crippen molar-refractivity contribution < 1.29 is 9.53 Å². The number of morpholine rings is 1. The molecule has 1 atom stereocenters. The monoisotopic (exact) mass is 394 g/mol. The summed E-state index contributed by atoms with van der Waals surface area (Å²) < 4.78 is 7.75. The van der Waals surface area contributed by atoms with Gasteiger partial charge in [-0.15, -0.1) is 0 Å². The van der Waals surface area contributed by atoms with Gasteiger partial charge in [-0.05, 0) is 26.3 Å². The van der Waals surface area contributed by atoms with E-state index in [9.17, 15) is 4.79 Å². The molecule has 1 aliphatic rings. The molecule has 1 aromatic carbocycles. The molecule has 152 valence electrons. The van der Waals surface area contributed by atoms with Crippen LogP contribution >= 0.6 is 0 Å². The molecule has 29 heavy (non-hydrogen) atoms. The largest absolute Gasteiger partial charge is 0.377 e. The zero-order valence-electron chi connectivity index (χ0n) is 17.1. The summed E-state index contributed by atoms with van der Waals surface area (Å²) in [5.41, 5.74) is 4.26. The van der Waals surface area contributed by atoms with E-state index in [1.165, 1.54) is 5.56 Å². The van der Waals surface area contributed by atoms with E-state index in [4.69, 9.17) is 9.84 Å². The van der Waals surface area contributed by atoms with E-state index in [-0.39, 0.29) is 18.4 Å². The van der Waals surface area contributed by atoms with Crippen LogP contribution in [0.2, 0.25) is 0 Å². The molecule has 2 aromatic heterocycles. The van der Waals surface area contributed by atoms with Crippen molar-refractivity contribution >= 4 is 5.91 Å². The molecule has 0 bridgehead atoms. The minimum atomic E-state index is -0.152.